The van der Waals surface area contributed by atoms with Crippen LogP contribution < -0.4 is 5.32 Å². The molecule has 2 aromatic heterocycles. The van der Waals surface area contributed by atoms with Gasteiger partial charge in [0.25, 0.3) is 5.91 Å². The molecule has 2 aromatic rings. The van der Waals surface area contributed by atoms with E-state index in [9.17, 15) is 4.79 Å². The van der Waals surface area contributed by atoms with Gasteiger partial charge >= 0.3 is 0 Å². The van der Waals surface area contributed by atoms with Gasteiger partial charge in [0.2, 0.25) is 0 Å². The van der Waals surface area contributed by atoms with Gasteiger partial charge in [-0.2, -0.15) is 5.10 Å². The van der Waals surface area contributed by atoms with Crippen molar-refractivity contribution >= 4 is 5.91 Å². The summed E-state index contributed by atoms with van der Waals surface area (Å²) in [6, 6.07) is 0. The number of aromatic nitrogens is 4. The van der Waals surface area contributed by atoms with E-state index in [4.69, 9.17) is 0 Å². The predicted octanol–water partition coefficient (Wildman–Crippen LogP) is 0.982. The third-order valence-electron chi connectivity index (χ3n) is 3.55. The number of hydrogen-bond donors (Lipinski definition) is 1. The lowest BCUT2D eigenvalue weighted by molar-refractivity contribution is 0.0946. The number of carbonyl (C=O) groups excluding carboxylic acids is 1. The number of aryl methyl sites for hydroxylation is 1. The number of rotatable bonds is 4. The van der Waals surface area contributed by atoms with Gasteiger partial charge in [-0.15, -0.1) is 0 Å². The molecule has 0 spiro atoms. The monoisotopic (exact) mass is 271 g/mol. The lowest BCUT2D eigenvalue weighted by Gasteiger charge is -2.14. The van der Waals surface area contributed by atoms with E-state index in [1.54, 1.807) is 6.20 Å². The minimum atomic E-state index is -0.195. The van der Waals surface area contributed by atoms with Crippen LogP contribution in [0.2, 0.25) is 0 Å². The molecule has 1 N–H and O–H groups in total. The highest BCUT2D eigenvalue weighted by molar-refractivity contribution is 5.91. The molecule has 1 amide bonds. The molecule has 104 valence electrons. The van der Waals surface area contributed by atoms with E-state index >= 15 is 0 Å². The first-order valence-corrected chi connectivity index (χ1v) is 6.92. The Morgan fingerprint density at radius 1 is 1.25 bits per heavy atom. The topological polar surface area (TPSA) is 72.7 Å². The van der Waals surface area contributed by atoms with Crippen LogP contribution in [0.25, 0.3) is 0 Å². The van der Waals surface area contributed by atoms with Crippen molar-refractivity contribution in [2.24, 2.45) is 0 Å². The van der Waals surface area contributed by atoms with Gasteiger partial charge in [-0.05, 0) is 31.2 Å². The molecular weight excluding hydrogens is 254 g/mol. The number of fused-ring (bicyclic) bond motifs is 1. The Balaban J connectivity index is 1.55. The molecule has 1 aliphatic carbocycles. The lowest BCUT2D eigenvalue weighted by Crippen LogP contribution is -2.28. The van der Waals surface area contributed by atoms with Gasteiger partial charge in [0.05, 0.1) is 18.9 Å². The van der Waals surface area contributed by atoms with E-state index in [-0.39, 0.29) is 5.91 Å². The quantitative estimate of drug-likeness (QED) is 0.899. The second-order valence-corrected chi connectivity index (χ2v) is 4.89. The average Bonchev–Trinajstić information content (AvgIpc) is 2.92. The smallest absolute Gasteiger partial charge is 0.271 e. The first kappa shape index (κ1) is 12.8. The number of nitrogens with zero attached hydrogens (tertiary/aromatic N) is 4. The molecule has 2 heterocycles. The first-order valence-electron chi connectivity index (χ1n) is 6.92. The summed E-state index contributed by atoms with van der Waals surface area (Å²) in [5.74, 6) is -0.195. The normalized spacial score (nSPS) is 13.8. The molecule has 0 saturated carbocycles. The maximum absolute atomic E-state index is 11.8. The Morgan fingerprint density at radius 3 is 3.00 bits per heavy atom. The third-order valence-corrected chi connectivity index (χ3v) is 3.55. The van der Waals surface area contributed by atoms with Crippen LogP contribution in [0.5, 0.6) is 0 Å². The Kier molecular flexibility index (Phi) is 3.71. The van der Waals surface area contributed by atoms with Gasteiger partial charge < -0.3 is 5.32 Å². The fourth-order valence-corrected chi connectivity index (χ4v) is 2.53. The van der Waals surface area contributed by atoms with Crippen molar-refractivity contribution in [1.29, 1.82) is 0 Å². The summed E-state index contributed by atoms with van der Waals surface area (Å²) in [6.45, 7) is 1.24. The Labute approximate surface area is 117 Å². The maximum Gasteiger partial charge on any atom is 0.271 e. The largest absolute Gasteiger partial charge is 0.349 e. The molecule has 0 aliphatic heterocycles. The van der Waals surface area contributed by atoms with Gasteiger partial charge in [0, 0.05) is 24.6 Å². The highest BCUT2D eigenvalue weighted by Crippen LogP contribution is 2.20. The minimum Gasteiger partial charge on any atom is -0.349 e. The molecule has 0 fully saturated rings. The Hall–Kier alpha value is -2.24. The molecular formula is C14H17N5O. The van der Waals surface area contributed by atoms with Crippen LogP contribution in [0.15, 0.2) is 24.8 Å². The van der Waals surface area contributed by atoms with E-state index < -0.39 is 0 Å². The van der Waals surface area contributed by atoms with Gasteiger partial charge in [-0.3, -0.25) is 14.5 Å². The van der Waals surface area contributed by atoms with Crippen molar-refractivity contribution in [3.8, 4) is 0 Å². The second kappa shape index (κ2) is 5.81. The zero-order valence-corrected chi connectivity index (χ0v) is 11.2. The molecule has 1 aliphatic rings. The van der Waals surface area contributed by atoms with E-state index in [2.05, 4.69) is 20.4 Å². The van der Waals surface area contributed by atoms with Crippen molar-refractivity contribution in [1.82, 2.24) is 25.1 Å². The lowest BCUT2D eigenvalue weighted by atomic mass is 9.98. The molecule has 0 bridgehead atoms. The molecule has 0 radical (unpaired) electrons. The van der Waals surface area contributed by atoms with E-state index in [1.807, 2.05) is 10.9 Å². The molecule has 0 unspecified atom stereocenters. The first-order chi connectivity index (χ1) is 9.84. The maximum atomic E-state index is 11.8. The SMILES string of the molecule is O=C(NCCn1ncc2c1CCCC2)c1cnccn1. The summed E-state index contributed by atoms with van der Waals surface area (Å²) >= 11 is 0. The van der Waals surface area contributed by atoms with Crippen LogP contribution >= 0.6 is 0 Å². The van der Waals surface area contributed by atoms with E-state index in [0.717, 1.165) is 12.8 Å². The molecule has 3 rings (SSSR count). The van der Waals surface area contributed by atoms with Crippen molar-refractivity contribution in [2.45, 2.75) is 32.2 Å². The van der Waals surface area contributed by atoms with Crippen LogP contribution in [0.3, 0.4) is 0 Å². The molecule has 0 saturated heterocycles. The van der Waals surface area contributed by atoms with Gasteiger partial charge in [-0.1, -0.05) is 0 Å². The van der Waals surface area contributed by atoms with Crippen LogP contribution in [0.4, 0.5) is 0 Å². The van der Waals surface area contributed by atoms with Crippen LogP contribution in [0.1, 0.15) is 34.6 Å². The molecule has 20 heavy (non-hydrogen) atoms. The fraction of sp³-hybridized carbons (Fsp3) is 0.429. The molecule has 0 atom stereocenters. The van der Waals surface area contributed by atoms with Gasteiger partial charge in [0.1, 0.15) is 5.69 Å². The zero-order chi connectivity index (χ0) is 13.8. The summed E-state index contributed by atoms with van der Waals surface area (Å²) < 4.78 is 2.01. The van der Waals surface area contributed by atoms with E-state index in [0.29, 0.717) is 18.8 Å². The second-order valence-electron chi connectivity index (χ2n) is 4.89. The number of carbonyl (C=O) groups is 1. The standard InChI is InChI=1S/C14H17N5O/c20-14(12-10-15-5-6-16-12)17-7-8-19-13-4-2-1-3-11(13)9-18-19/h5-6,9-10H,1-4,7-8H2,(H,17,20). The molecule has 6 heteroatoms. The minimum absolute atomic E-state index is 0.195. The van der Waals surface area contributed by atoms with Gasteiger partial charge in [-0.25, -0.2) is 4.98 Å². The Bertz CT molecular complexity index is 593. The van der Waals surface area contributed by atoms with Crippen molar-refractivity contribution in [3.05, 3.63) is 41.7 Å². The van der Waals surface area contributed by atoms with Crippen molar-refractivity contribution in [3.63, 3.8) is 0 Å². The van der Waals surface area contributed by atoms with Crippen LogP contribution in [0, 0.1) is 0 Å². The summed E-state index contributed by atoms with van der Waals surface area (Å²) in [5.41, 5.74) is 3.02. The zero-order valence-electron chi connectivity index (χ0n) is 11.2. The predicted molar refractivity (Wildman–Crippen MR) is 73.2 cm³/mol. The fourth-order valence-electron chi connectivity index (χ4n) is 2.53. The highest BCUT2D eigenvalue weighted by atomic mass is 16.1. The molecule has 6 nitrogen and oxygen atoms in total. The summed E-state index contributed by atoms with van der Waals surface area (Å²) in [6.07, 6.45) is 11.2. The third kappa shape index (κ3) is 2.68. The average molecular weight is 271 g/mol. The number of nitrogens with one attached hydrogen (secondary N) is 1. The summed E-state index contributed by atoms with van der Waals surface area (Å²) in [4.78, 5) is 19.7. The number of amides is 1. The van der Waals surface area contributed by atoms with E-state index in [1.165, 1.54) is 36.5 Å². The summed E-state index contributed by atoms with van der Waals surface area (Å²) in [7, 11) is 0. The van der Waals surface area contributed by atoms with Crippen LogP contribution in [-0.4, -0.2) is 32.2 Å². The molecule has 0 aromatic carbocycles. The Morgan fingerprint density at radius 2 is 2.15 bits per heavy atom. The van der Waals surface area contributed by atoms with Gasteiger partial charge in [0.15, 0.2) is 0 Å². The van der Waals surface area contributed by atoms with Crippen molar-refractivity contribution < 1.29 is 4.79 Å². The number of hydrogen-bond acceptors (Lipinski definition) is 4. The highest BCUT2D eigenvalue weighted by Gasteiger charge is 2.14. The van der Waals surface area contributed by atoms with Crippen LogP contribution in [-0.2, 0) is 19.4 Å². The summed E-state index contributed by atoms with van der Waals surface area (Å²) in [5, 5.41) is 7.25. The van der Waals surface area contributed by atoms with Crippen molar-refractivity contribution in [2.75, 3.05) is 6.54 Å².